The summed E-state index contributed by atoms with van der Waals surface area (Å²) in [7, 11) is 0. The SMILES string of the molecule is CCCNC(=O)CSc1nc2cc(Cl)ccc2n1CCC. The van der Waals surface area contributed by atoms with Crippen molar-refractivity contribution in [2.75, 3.05) is 12.3 Å². The highest BCUT2D eigenvalue weighted by atomic mass is 35.5. The number of carbonyl (C=O) groups is 1. The Balaban J connectivity index is 2.17. The molecule has 21 heavy (non-hydrogen) atoms. The Morgan fingerprint density at radius 2 is 2.19 bits per heavy atom. The smallest absolute Gasteiger partial charge is 0.230 e. The molecule has 0 unspecified atom stereocenters. The summed E-state index contributed by atoms with van der Waals surface area (Å²) in [5.74, 6) is 0.441. The number of thioether (sulfide) groups is 1. The van der Waals surface area contributed by atoms with E-state index >= 15 is 0 Å². The molecular weight excluding hydrogens is 306 g/mol. The molecule has 1 heterocycles. The number of fused-ring (bicyclic) bond motifs is 1. The first-order chi connectivity index (χ1) is 10.2. The highest BCUT2D eigenvalue weighted by Crippen LogP contribution is 2.26. The van der Waals surface area contributed by atoms with Crippen molar-refractivity contribution in [1.82, 2.24) is 14.9 Å². The molecule has 0 bridgehead atoms. The zero-order valence-electron chi connectivity index (χ0n) is 12.4. The van der Waals surface area contributed by atoms with Crippen LogP contribution in [-0.4, -0.2) is 27.8 Å². The summed E-state index contributed by atoms with van der Waals surface area (Å²) in [6.07, 6.45) is 1.97. The lowest BCUT2D eigenvalue weighted by molar-refractivity contribution is -0.118. The summed E-state index contributed by atoms with van der Waals surface area (Å²) in [6, 6.07) is 5.73. The Morgan fingerprint density at radius 3 is 2.90 bits per heavy atom. The van der Waals surface area contributed by atoms with Gasteiger partial charge in [0.1, 0.15) is 0 Å². The molecule has 0 radical (unpaired) electrons. The lowest BCUT2D eigenvalue weighted by Crippen LogP contribution is -2.25. The molecule has 0 fully saturated rings. The van der Waals surface area contributed by atoms with E-state index in [4.69, 9.17) is 11.6 Å². The van der Waals surface area contributed by atoms with Crippen molar-refractivity contribution in [2.24, 2.45) is 0 Å². The van der Waals surface area contributed by atoms with E-state index in [9.17, 15) is 4.79 Å². The van der Waals surface area contributed by atoms with E-state index in [1.165, 1.54) is 11.8 Å². The molecule has 0 aliphatic heterocycles. The normalized spacial score (nSPS) is 11.0. The van der Waals surface area contributed by atoms with Crippen LogP contribution in [0.5, 0.6) is 0 Å². The number of nitrogens with zero attached hydrogens (tertiary/aromatic N) is 2. The fourth-order valence-electron chi connectivity index (χ4n) is 2.08. The summed E-state index contributed by atoms with van der Waals surface area (Å²) >= 11 is 7.50. The molecular formula is C15H20ClN3OS. The Bertz CT molecular complexity index is 627. The van der Waals surface area contributed by atoms with Crippen LogP contribution in [0.3, 0.4) is 0 Å². The predicted octanol–water partition coefficient (Wildman–Crippen LogP) is 3.72. The second kappa shape index (κ2) is 7.71. The summed E-state index contributed by atoms with van der Waals surface area (Å²) in [4.78, 5) is 16.3. The van der Waals surface area contributed by atoms with E-state index in [1.807, 2.05) is 25.1 Å². The zero-order valence-corrected chi connectivity index (χ0v) is 13.9. The number of aryl methyl sites for hydroxylation is 1. The van der Waals surface area contributed by atoms with Crippen LogP contribution in [0.4, 0.5) is 0 Å². The highest BCUT2D eigenvalue weighted by molar-refractivity contribution is 7.99. The van der Waals surface area contributed by atoms with Crippen molar-refractivity contribution in [1.29, 1.82) is 0 Å². The monoisotopic (exact) mass is 325 g/mol. The molecule has 1 N–H and O–H groups in total. The Kier molecular flexibility index (Phi) is 5.94. The van der Waals surface area contributed by atoms with Crippen LogP contribution in [0.15, 0.2) is 23.4 Å². The molecule has 6 heteroatoms. The first-order valence-corrected chi connectivity index (χ1v) is 8.57. The first-order valence-electron chi connectivity index (χ1n) is 7.21. The van der Waals surface area contributed by atoms with Gasteiger partial charge in [0.15, 0.2) is 5.16 Å². The summed E-state index contributed by atoms with van der Waals surface area (Å²) < 4.78 is 2.16. The average Bonchev–Trinajstić information content (AvgIpc) is 2.80. The van der Waals surface area contributed by atoms with Crippen LogP contribution in [0.25, 0.3) is 11.0 Å². The molecule has 0 aliphatic rings. The minimum atomic E-state index is 0.0509. The van der Waals surface area contributed by atoms with E-state index < -0.39 is 0 Å². The number of aromatic nitrogens is 2. The quantitative estimate of drug-likeness (QED) is 0.789. The molecule has 2 rings (SSSR count). The van der Waals surface area contributed by atoms with Gasteiger partial charge in [-0.3, -0.25) is 4.79 Å². The van der Waals surface area contributed by atoms with Gasteiger partial charge in [-0.25, -0.2) is 4.98 Å². The van der Waals surface area contributed by atoms with Crippen LogP contribution in [0, 0.1) is 0 Å². The van der Waals surface area contributed by atoms with Crippen molar-refractivity contribution in [3.05, 3.63) is 23.2 Å². The summed E-state index contributed by atoms with van der Waals surface area (Å²) in [6.45, 7) is 5.78. The number of rotatable bonds is 7. The van der Waals surface area contributed by atoms with E-state index in [2.05, 4.69) is 21.8 Å². The third-order valence-electron chi connectivity index (χ3n) is 3.03. The number of carbonyl (C=O) groups excluding carboxylic acids is 1. The molecule has 1 aromatic heterocycles. The van der Waals surface area contributed by atoms with Gasteiger partial charge in [-0.2, -0.15) is 0 Å². The van der Waals surface area contributed by atoms with Crippen molar-refractivity contribution in [2.45, 2.75) is 38.4 Å². The molecule has 2 aromatic rings. The van der Waals surface area contributed by atoms with Gasteiger partial charge in [-0.1, -0.05) is 37.2 Å². The van der Waals surface area contributed by atoms with Gasteiger partial charge < -0.3 is 9.88 Å². The van der Waals surface area contributed by atoms with Crippen LogP contribution >= 0.6 is 23.4 Å². The number of benzene rings is 1. The molecule has 0 atom stereocenters. The molecule has 4 nitrogen and oxygen atoms in total. The molecule has 114 valence electrons. The molecule has 1 aromatic carbocycles. The maximum Gasteiger partial charge on any atom is 0.230 e. The average molecular weight is 326 g/mol. The number of hydrogen-bond donors (Lipinski definition) is 1. The van der Waals surface area contributed by atoms with Crippen LogP contribution in [-0.2, 0) is 11.3 Å². The van der Waals surface area contributed by atoms with Gasteiger partial charge >= 0.3 is 0 Å². The van der Waals surface area contributed by atoms with Gasteiger partial charge in [0, 0.05) is 18.1 Å². The lowest BCUT2D eigenvalue weighted by Gasteiger charge is -2.07. The maximum absolute atomic E-state index is 11.7. The van der Waals surface area contributed by atoms with E-state index in [1.54, 1.807) is 0 Å². The molecule has 0 saturated carbocycles. The van der Waals surface area contributed by atoms with Gasteiger partial charge in [0.25, 0.3) is 0 Å². The number of hydrogen-bond acceptors (Lipinski definition) is 3. The fraction of sp³-hybridized carbons (Fsp3) is 0.467. The first kappa shape index (κ1) is 16.2. The minimum absolute atomic E-state index is 0.0509. The Morgan fingerprint density at radius 1 is 1.38 bits per heavy atom. The van der Waals surface area contributed by atoms with Crippen LogP contribution < -0.4 is 5.32 Å². The highest BCUT2D eigenvalue weighted by Gasteiger charge is 2.12. The van der Waals surface area contributed by atoms with Crippen LogP contribution in [0.1, 0.15) is 26.7 Å². The van der Waals surface area contributed by atoms with Crippen molar-refractivity contribution in [3.63, 3.8) is 0 Å². The second-order valence-electron chi connectivity index (χ2n) is 4.82. The lowest BCUT2D eigenvalue weighted by atomic mass is 10.3. The maximum atomic E-state index is 11.7. The van der Waals surface area contributed by atoms with Crippen molar-refractivity contribution >= 4 is 40.3 Å². The third kappa shape index (κ3) is 4.14. The molecule has 0 spiro atoms. The van der Waals surface area contributed by atoms with E-state index in [0.29, 0.717) is 10.8 Å². The zero-order chi connectivity index (χ0) is 15.2. The van der Waals surface area contributed by atoms with Crippen LogP contribution in [0.2, 0.25) is 5.02 Å². The number of amides is 1. The van der Waals surface area contributed by atoms with Crippen molar-refractivity contribution in [3.8, 4) is 0 Å². The second-order valence-corrected chi connectivity index (χ2v) is 6.20. The minimum Gasteiger partial charge on any atom is -0.355 e. The molecule has 0 aliphatic carbocycles. The third-order valence-corrected chi connectivity index (χ3v) is 4.24. The van der Waals surface area contributed by atoms with Gasteiger partial charge in [0.2, 0.25) is 5.91 Å². The molecule has 1 amide bonds. The van der Waals surface area contributed by atoms with Gasteiger partial charge in [0.05, 0.1) is 16.8 Å². The topological polar surface area (TPSA) is 46.9 Å². The predicted molar refractivity (Wildman–Crippen MR) is 89.1 cm³/mol. The standard InChI is InChI=1S/C15H20ClN3OS/c1-3-7-17-14(20)10-21-15-18-12-9-11(16)5-6-13(12)19(15)8-4-2/h5-6,9H,3-4,7-8,10H2,1-2H3,(H,17,20). The Labute approximate surface area is 134 Å². The summed E-state index contributed by atoms with van der Waals surface area (Å²) in [5.41, 5.74) is 1.95. The molecule has 0 saturated heterocycles. The Hall–Kier alpha value is -1.20. The largest absolute Gasteiger partial charge is 0.355 e. The summed E-state index contributed by atoms with van der Waals surface area (Å²) in [5, 5.41) is 4.44. The number of nitrogens with one attached hydrogen (secondary N) is 1. The van der Waals surface area contributed by atoms with E-state index in [-0.39, 0.29) is 5.91 Å². The number of halogens is 1. The van der Waals surface area contributed by atoms with E-state index in [0.717, 1.165) is 42.1 Å². The van der Waals surface area contributed by atoms with Crippen molar-refractivity contribution < 1.29 is 4.79 Å². The fourth-order valence-corrected chi connectivity index (χ4v) is 3.11. The van der Waals surface area contributed by atoms with Gasteiger partial charge in [-0.15, -0.1) is 0 Å². The van der Waals surface area contributed by atoms with Gasteiger partial charge in [-0.05, 0) is 31.0 Å². The number of imidazole rings is 1.